The molecule has 0 heterocycles. The third kappa shape index (κ3) is 69.1. The van der Waals surface area contributed by atoms with Crippen molar-refractivity contribution in [2.45, 2.75) is 431 Å². The summed E-state index contributed by atoms with van der Waals surface area (Å²) in [5, 5.41) is 23.0. The van der Waals surface area contributed by atoms with Crippen LogP contribution >= 0.6 is 0 Å². The number of aliphatic hydroxyl groups is 2. The number of unbranched alkanes of at least 4 members (excludes halogenated alkanes) is 56. The molecule has 2 atom stereocenters. The molecule has 1 amide bonds. The van der Waals surface area contributed by atoms with Crippen molar-refractivity contribution in [2.75, 3.05) is 13.2 Å². The summed E-state index contributed by atoms with van der Waals surface area (Å²) in [6.07, 6.45) is 94.2. The minimum Gasteiger partial charge on any atom is -0.466 e. The number of nitrogens with one attached hydrogen (secondary N) is 1. The van der Waals surface area contributed by atoms with Crippen LogP contribution in [0.2, 0.25) is 0 Å². The van der Waals surface area contributed by atoms with Gasteiger partial charge in [-0.15, -0.1) is 0 Å². The molecular formula is C77H147NO5. The van der Waals surface area contributed by atoms with Gasteiger partial charge in [-0.25, -0.2) is 0 Å². The maximum absolute atomic E-state index is 12.4. The van der Waals surface area contributed by atoms with Gasteiger partial charge in [-0.3, -0.25) is 9.59 Å². The Labute approximate surface area is 519 Å². The fourth-order valence-electron chi connectivity index (χ4n) is 11.9. The molecule has 0 spiro atoms. The number of esters is 1. The highest BCUT2D eigenvalue weighted by atomic mass is 16.5. The van der Waals surface area contributed by atoms with Gasteiger partial charge in [-0.1, -0.05) is 359 Å². The first-order chi connectivity index (χ1) is 41.0. The second-order valence-corrected chi connectivity index (χ2v) is 26.0. The fraction of sp³-hybridized carbons (Fsp3) is 0.896. The van der Waals surface area contributed by atoms with Crippen LogP contribution in [0, 0.1) is 0 Å². The van der Waals surface area contributed by atoms with Crippen molar-refractivity contribution in [3.05, 3.63) is 36.5 Å². The number of carbonyl (C=O) groups is 2. The molecule has 0 rings (SSSR count). The lowest BCUT2D eigenvalue weighted by Crippen LogP contribution is -2.45. The number of rotatable bonds is 71. The van der Waals surface area contributed by atoms with Crippen LogP contribution in [-0.4, -0.2) is 47.4 Å². The molecule has 490 valence electrons. The minimum absolute atomic E-state index is 0.0213. The minimum atomic E-state index is -0.840. The number of hydrogen-bond donors (Lipinski definition) is 3. The second-order valence-electron chi connectivity index (χ2n) is 26.0. The standard InChI is InChI=1S/C77H147NO5/c1-3-5-7-9-11-13-15-16-17-18-38-42-45-48-51-55-59-63-67-71-77(82)83-72-68-64-60-56-52-49-46-43-40-37-35-33-31-29-27-25-23-21-19-20-22-24-26-28-30-32-34-36-39-41-44-47-50-54-58-62-66-70-76(81)78-74(73-79)75(80)69-65-61-57-53-14-12-10-8-6-4-2/h16-17,19,21,65,69,74-75,79-80H,3-15,18,20,22-64,66-68,70-73H2,1-2H3,(H,78,81)/b17-16-,21-19-,69-65+. The van der Waals surface area contributed by atoms with Crippen molar-refractivity contribution >= 4 is 11.9 Å². The average molecular weight is 1170 g/mol. The summed E-state index contributed by atoms with van der Waals surface area (Å²) >= 11 is 0. The van der Waals surface area contributed by atoms with Crippen molar-refractivity contribution in [1.29, 1.82) is 0 Å². The Kier molecular flexibility index (Phi) is 70.9. The first-order valence-electron chi connectivity index (χ1n) is 37.8. The molecule has 0 aliphatic rings. The molecule has 6 heteroatoms. The van der Waals surface area contributed by atoms with Gasteiger partial charge in [0.25, 0.3) is 0 Å². The van der Waals surface area contributed by atoms with Gasteiger partial charge in [0.1, 0.15) is 0 Å². The van der Waals surface area contributed by atoms with E-state index in [4.69, 9.17) is 4.74 Å². The van der Waals surface area contributed by atoms with E-state index in [0.717, 1.165) is 38.5 Å². The number of ether oxygens (including phenoxy) is 1. The van der Waals surface area contributed by atoms with Crippen LogP contribution in [0.25, 0.3) is 0 Å². The molecule has 0 saturated heterocycles. The highest BCUT2D eigenvalue weighted by Gasteiger charge is 2.18. The van der Waals surface area contributed by atoms with Crippen molar-refractivity contribution in [3.8, 4) is 0 Å². The van der Waals surface area contributed by atoms with E-state index in [2.05, 4.69) is 43.5 Å². The highest BCUT2D eigenvalue weighted by Crippen LogP contribution is 2.19. The van der Waals surface area contributed by atoms with Gasteiger partial charge in [-0.2, -0.15) is 0 Å². The van der Waals surface area contributed by atoms with E-state index in [-0.39, 0.29) is 18.5 Å². The van der Waals surface area contributed by atoms with E-state index in [1.807, 2.05) is 6.08 Å². The van der Waals surface area contributed by atoms with Crippen LogP contribution in [0.15, 0.2) is 36.5 Å². The van der Waals surface area contributed by atoms with E-state index < -0.39 is 12.1 Å². The molecule has 3 N–H and O–H groups in total. The van der Waals surface area contributed by atoms with Crippen molar-refractivity contribution in [3.63, 3.8) is 0 Å². The molecule has 0 saturated carbocycles. The summed E-state index contributed by atoms with van der Waals surface area (Å²) < 4.78 is 5.52. The Balaban J connectivity index is 3.30. The van der Waals surface area contributed by atoms with Crippen LogP contribution in [0.5, 0.6) is 0 Å². The highest BCUT2D eigenvalue weighted by molar-refractivity contribution is 5.76. The number of amides is 1. The molecule has 0 aliphatic carbocycles. The zero-order valence-corrected chi connectivity index (χ0v) is 56.2. The van der Waals surface area contributed by atoms with E-state index in [9.17, 15) is 19.8 Å². The Morgan fingerprint density at radius 2 is 0.566 bits per heavy atom. The quantitative estimate of drug-likeness (QED) is 0.0320. The summed E-state index contributed by atoms with van der Waals surface area (Å²) in [7, 11) is 0. The lowest BCUT2D eigenvalue weighted by atomic mass is 10.0. The van der Waals surface area contributed by atoms with Crippen LogP contribution < -0.4 is 5.32 Å². The summed E-state index contributed by atoms with van der Waals surface area (Å²) in [4.78, 5) is 24.6. The first kappa shape index (κ1) is 81.1. The Morgan fingerprint density at radius 3 is 0.855 bits per heavy atom. The number of aliphatic hydroxyl groups excluding tert-OH is 2. The molecule has 0 aromatic carbocycles. The van der Waals surface area contributed by atoms with Gasteiger partial charge in [0, 0.05) is 12.8 Å². The molecule has 6 nitrogen and oxygen atoms in total. The maximum Gasteiger partial charge on any atom is 0.305 e. The van der Waals surface area contributed by atoms with Gasteiger partial charge in [0.2, 0.25) is 5.91 Å². The predicted octanol–water partition coefficient (Wildman–Crippen LogP) is 24.7. The van der Waals surface area contributed by atoms with Crippen LogP contribution in [0.1, 0.15) is 418 Å². The molecule has 0 bridgehead atoms. The number of hydrogen-bond acceptors (Lipinski definition) is 5. The van der Waals surface area contributed by atoms with Gasteiger partial charge in [0.15, 0.2) is 0 Å². The monoisotopic (exact) mass is 1170 g/mol. The fourth-order valence-corrected chi connectivity index (χ4v) is 11.9. The largest absolute Gasteiger partial charge is 0.466 e. The predicted molar refractivity (Wildman–Crippen MR) is 366 cm³/mol. The zero-order valence-electron chi connectivity index (χ0n) is 56.2. The lowest BCUT2D eigenvalue weighted by molar-refractivity contribution is -0.143. The first-order valence-corrected chi connectivity index (χ1v) is 37.8. The van der Waals surface area contributed by atoms with Gasteiger partial charge in [0.05, 0.1) is 25.4 Å². The van der Waals surface area contributed by atoms with E-state index in [0.29, 0.717) is 19.4 Å². The zero-order chi connectivity index (χ0) is 59.9. The number of carbonyl (C=O) groups excluding carboxylic acids is 2. The molecule has 83 heavy (non-hydrogen) atoms. The normalized spacial score (nSPS) is 12.7. The van der Waals surface area contributed by atoms with Crippen molar-refractivity contribution < 1.29 is 24.5 Å². The maximum atomic E-state index is 12.4. The van der Waals surface area contributed by atoms with E-state index >= 15 is 0 Å². The molecule has 2 unspecified atom stereocenters. The topological polar surface area (TPSA) is 95.9 Å². The molecule has 0 aliphatic heterocycles. The van der Waals surface area contributed by atoms with Crippen molar-refractivity contribution in [2.24, 2.45) is 0 Å². The molecular weight excluding hydrogens is 1020 g/mol. The summed E-state index contributed by atoms with van der Waals surface area (Å²) in [5.74, 6) is -0.0431. The molecule has 0 radical (unpaired) electrons. The SMILES string of the molecule is CCCCCCCC/C=C\CCCCCCCCCCCC(=O)OCCCCCCCCCCCCCCCCCC/C=C\CCCCCCCCCCCCCCCCCCCC(=O)NC(CO)C(O)/C=C/CCCCCCCCCC. The third-order valence-electron chi connectivity index (χ3n) is 17.6. The van der Waals surface area contributed by atoms with E-state index in [1.54, 1.807) is 6.08 Å². The Bertz CT molecular complexity index is 1340. The Hall–Kier alpha value is -1.92. The summed E-state index contributed by atoms with van der Waals surface area (Å²) in [6.45, 7) is 4.91. The smallest absolute Gasteiger partial charge is 0.305 e. The third-order valence-corrected chi connectivity index (χ3v) is 17.6. The average Bonchev–Trinajstić information content (AvgIpc) is 3.50. The van der Waals surface area contributed by atoms with Crippen molar-refractivity contribution in [1.82, 2.24) is 5.32 Å². The van der Waals surface area contributed by atoms with Crippen LogP contribution in [-0.2, 0) is 14.3 Å². The van der Waals surface area contributed by atoms with Crippen LogP contribution in [0.4, 0.5) is 0 Å². The van der Waals surface area contributed by atoms with Gasteiger partial charge in [-0.05, 0) is 83.5 Å². The number of allylic oxidation sites excluding steroid dienone is 5. The molecule has 0 aromatic heterocycles. The van der Waals surface area contributed by atoms with Gasteiger partial charge >= 0.3 is 5.97 Å². The van der Waals surface area contributed by atoms with Gasteiger partial charge < -0.3 is 20.3 Å². The summed E-state index contributed by atoms with van der Waals surface area (Å²) in [5.41, 5.74) is 0. The molecule has 0 fully saturated rings. The van der Waals surface area contributed by atoms with Crippen LogP contribution in [0.3, 0.4) is 0 Å². The Morgan fingerprint density at radius 1 is 0.325 bits per heavy atom. The molecule has 0 aromatic rings. The summed E-state index contributed by atoms with van der Waals surface area (Å²) in [6, 6.07) is -0.623. The lowest BCUT2D eigenvalue weighted by Gasteiger charge is -2.20. The van der Waals surface area contributed by atoms with E-state index in [1.165, 1.54) is 353 Å². The second kappa shape index (κ2) is 72.6.